The van der Waals surface area contributed by atoms with E-state index in [4.69, 9.17) is 0 Å². The summed E-state index contributed by atoms with van der Waals surface area (Å²) in [5.41, 5.74) is 2.94. The molecule has 0 aliphatic rings. The lowest BCUT2D eigenvalue weighted by Gasteiger charge is -2.15. The van der Waals surface area contributed by atoms with Crippen LogP contribution in [0.1, 0.15) is 16.2 Å². The quantitative estimate of drug-likeness (QED) is 0.898. The molecular weight excluding hydrogens is 250 g/mol. The lowest BCUT2D eigenvalue weighted by molar-refractivity contribution is 0.0777. The van der Waals surface area contributed by atoms with E-state index in [2.05, 4.69) is 20.3 Å². The summed E-state index contributed by atoms with van der Waals surface area (Å²) in [6.45, 7) is 0.470. The van der Waals surface area contributed by atoms with E-state index in [1.807, 2.05) is 5.38 Å². The van der Waals surface area contributed by atoms with E-state index in [1.54, 1.807) is 24.5 Å². The van der Waals surface area contributed by atoms with Crippen molar-refractivity contribution < 1.29 is 4.79 Å². The number of hydrogen-bond acceptors (Lipinski definition) is 6. The molecule has 0 saturated heterocycles. The Bertz CT molecular complexity index is 511. The number of nitrogens with zero attached hydrogens (tertiary/aromatic N) is 4. The van der Waals surface area contributed by atoms with Gasteiger partial charge in [0.2, 0.25) is 0 Å². The van der Waals surface area contributed by atoms with Crippen molar-refractivity contribution in [2.45, 2.75) is 6.54 Å². The van der Waals surface area contributed by atoms with Gasteiger partial charge in [0.05, 0.1) is 30.1 Å². The van der Waals surface area contributed by atoms with E-state index >= 15 is 0 Å². The third-order valence-electron chi connectivity index (χ3n) is 2.36. The minimum Gasteiger partial charge on any atom is -0.372 e. The van der Waals surface area contributed by atoms with Gasteiger partial charge in [-0.2, -0.15) is 0 Å². The van der Waals surface area contributed by atoms with Crippen LogP contribution < -0.4 is 5.32 Å². The zero-order valence-electron chi connectivity index (χ0n) is 10.1. The SMILES string of the molecule is CNc1cnc(C(=O)N(C)Cc2cscn2)cn1. The number of aromatic nitrogens is 3. The molecule has 1 amide bonds. The first kappa shape index (κ1) is 12.4. The number of carbonyl (C=O) groups is 1. The fourth-order valence-electron chi connectivity index (χ4n) is 1.39. The number of rotatable bonds is 4. The average molecular weight is 263 g/mol. The number of thiazole rings is 1. The Hall–Kier alpha value is -2.02. The van der Waals surface area contributed by atoms with Crippen molar-refractivity contribution in [2.24, 2.45) is 0 Å². The average Bonchev–Trinajstić information content (AvgIpc) is 2.91. The van der Waals surface area contributed by atoms with E-state index in [0.29, 0.717) is 18.1 Å². The van der Waals surface area contributed by atoms with Gasteiger partial charge in [-0.3, -0.25) is 4.79 Å². The summed E-state index contributed by atoms with van der Waals surface area (Å²) in [7, 11) is 3.47. The summed E-state index contributed by atoms with van der Waals surface area (Å²) in [6.07, 6.45) is 3.00. The van der Waals surface area contributed by atoms with E-state index in [0.717, 1.165) is 5.69 Å². The van der Waals surface area contributed by atoms with Gasteiger partial charge in [0.25, 0.3) is 5.91 Å². The summed E-state index contributed by atoms with van der Waals surface area (Å²) in [6, 6.07) is 0. The van der Waals surface area contributed by atoms with Gasteiger partial charge in [0.1, 0.15) is 11.5 Å². The maximum atomic E-state index is 12.0. The highest BCUT2D eigenvalue weighted by Gasteiger charge is 2.14. The molecule has 94 valence electrons. The molecule has 0 bridgehead atoms. The standard InChI is InChI=1S/C11H13N5OS/c1-12-10-4-13-9(3-14-10)11(17)16(2)5-8-6-18-7-15-8/h3-4,6-7H,5H2,1-2H3,(H,12,14). The van der Waals surface area contributed by atoms with Gasteiger partial charge in [-0.05, 0) is 0 Å². The summed E-state index contributed by atoms with van der Waals surface area (Å²) >= 11 is 1.51. The van der Waals surface area contributed by atoms with E-state index in [1.165, 1.54) is 23.7 Å². The summed E-state index contributed by atoms with van der Waals surface area (Å²) in [4.78, 5) is 25.9. The zero-order valence-corrected chi connectivity index (χ0v) is 10.9. The molecule has 6 nitrogen and oxygen atoms in total. The molecule has 2 aromatic heterocycles. The third kappa shape index (κ3) is 2.80. The van der Waals surface area contributed by atoms with E-state index in [-0.39, 0.29) is 5.91 Å². The van der Waals surface area contributed by atoms with Crippen LogP contribution in [0.3, 0.4) is 0 Å². The maximum Gasteiger partial charge on any atom is 0.274 e. The van der Waals surface area contributed by atoms with Gasteiger partial charge in [0.15, 0.2) is 0 Å². The van der Waals surface area contributed by atoms with Crippen molar-refractivity contribution in [3.05, 3.63) is 34.7 Å². The second-order valence-corrected chi connectivity index (χ2v) is 4.40. The van der Waals surface area contributed by atoms with Crippen LogP contribution in [0, 0.1) is 0 Å². The molecule has 2 heterocycles. The second-order valence-electron chi connectivity index (χ2n) is 3.68. The molecule has 0 saturated carbocycles. The molecule has 0 spiro atoms. The van der Waals surface area contributed by atoms with Gasteiger partial charge in [-0.1, -0.05) is 0 Å². The molecule has 2 rings (SSSR count). The van der Waals surface area contributed by atoms with Crippen LogP contribution in [0.5, 0.6) is 0 Å². The van der Waals surface area contributed by atoms with E-state index in [9.17, 15) is 4.79 Å². The fraction of sp³-hybridized carbons (Fsp3) is 0.273. The first-order chi connectivity index (χ1) is 8.70. The summed E-state index contributed by atoms with van der Waals surface area (Å²) in [5, 5.41) is 4.77. The molecule has 0 radical (unpaired) electrons. The lowest BCUT2D eigenvalue weighted by Crippen LogP contribution is -2.27. The van der Waals surface area contributed by atoms with Crippen molar-refractivity contribution in [1.82, 2.24) is 19.9 Å². The van der Waals surface area contributed by atoms with Gasteiger partial charge in [-0.15, -0.1) is 11.3 Å². The lowest BCUT2D eigenvalue weighted by atomic mass is 10.3. The first-order valence-corrected chi connectivity index (χ1v) is 6.27. The van der Waals surface area contributed by atoms with Crippen LogP contribution in [0.15, 0.2) is 23.3 Å². The van der Waals surface area contributed by atoms with Crippen molar-refractivity contribution in [3.63, 3.8) is 0 Å². The van der Waals surface area contributed by atoms with E-state index < -0.39 is 0 Å². The Balaban J connectivity index is 2.05. The molecule has 0 aromatic carbocycles. The van der Waals surface area contributed by atoms with Crippen LogP contribution in [0.25, 0.3) is 0 Å². The number of nitrogens with one attached hydrogen (secondary N) is 1. The minimum absolute atomic E-state index is 0.168. The minimum atomic E-state index is -0.168. The van der Waals surface area contributed by atoms with Crippen molar-refractivity contribution in [2.75, 3.05) is 19.4 Å². The molecule has 18 heavy (non-hydrogen) atoms. The summed E-state index contributed by atoms with van der Waals surface area (Å²) < 4.78 is 0. The normalized spacial score (nSPS) is 10.1. The molecule has 0 aliphatic carbocycles. The summed E-state index contributed by atoms with van der Waals surface area (Å²) in [5.74, 6) is 0.465. The van der Waals surface area contributed by atoms with Gasteiger partial charge in [-0.25, -0.2) is 15.0 Å². The number of amides is 1. The van der Waals surface area contributed by atoms with Gasteiger partial charge >= 0.3 is 0 Å². The Morgan fingerprint density at radius 2 is 2.22 bits per heavy atom. The molecule has 0 aliphatic heterocycles. The zero-order chi connectivity index (χ0) is 13.0. The van der Waals surface area contributed by atoms with Crippen molar-refractivity contribution in [3.8, 4) is 0 Å². The van der Waals surface area contributed by atoms with Gasteiger partial charge in [0, 0.05) is 19.5 Å². The molecule has 2 aromatic rings. The molecule has 7 heteroatoms. The van der Waals surface area contributed by atoms with Crippen LogP contribution >= 0.6 is 11.3 Å². The molecule has 0 atom stereocenters. The fourth-order valence-corrected chi connectivity index (χ4v) is 1.94. The predicted molar refractivity (Wildman–Crippen MR) is 69.5 cm³/mol. The number of hydrogen-bond donors (Lipinski definition) is 1. The molecule has 0 fully saturated rings. The second kappa shape index (κ2) is 5.54. The topological polar surface area (TPSA) is 71.0 Å². The molecule has 1 N–H and O–H groups in total. The van der Waals surface area contributed by atoms with Crippen molar-refractivity contribution in [1.29, 1.82) is 0 Å². The Labute approximate surface area is 109 Å². The van der Waals surface area contributed by atoms with Gasteiger partial charge < -0.3 is 10.2 Å². The first-order valence-electron chi connectivity index (χ1n) is 5.33. The number of carbonyl (C=O) groups excluding carboxylic acids is 1. The largest absolute Gasteiger partial charge is 0.372 e. The smallest absolute Gasteiger partial charge is 0.274 e. The Morgan fingerprint density at radius 3 is 2.78 bits per heavy atom. The van der Waals surface area contributed by atoms with Crippen LogP contribution in [-0.4, -0.2) is 39.9 Å². The molecular formula is C11H13N5OS. The highest BCUT2D eigenvalue weighted by atomic mass is 32.1. The Morgan fingerprint density at radius 1 is 1.39 bits per heavy atom. The predicted octanol–water partition coefficient (Wildman–Crippen LogP) is 1.25. The van der Waals surface area contributed by atoms with Crippen molar-refractivity contribution >= 4 is 23.1 Å². The maximum absolute atomic E-state index is 12.0. The Kier molecular flexibility index (Phi) is 3.83. The van der Waals surface area contributed by atoms with Crippen LogP contribution in [0.4, 0.5) is 5.82 Å². The highest BCUT2D eigenvalue weighted by molar-refractivity contribution is 7.07. The monoisotopic (exact) mass is 263 g/mol. The van der Waals surface area contributed by atoms with Crippen LogP contribution in [-0.2, 0) is 6.54 Å². The molecule has 0 unspecified atom stereocenters. The number of anilines is 1. The third-order valence-corrected chi connectivity index (χ3v) is 2.99. The van der Waals surface area contributed by atoms with Crippen LogP contribution in [0.2, 0.25) is 0 Å². The highest BCUT2D eigenvalue weighted by Crippen LogP contribution is 2.07.